The molecule has 54 heavy (non-hydrogen) atoms. The summed E-state index contributed by atoms with van der Waals surface area (Å²) in [6.07, 6.45) is 13.0. The fourth-order valence-corrected chi connectivity index (χ4v) is 4.96. The fraction of sp³-hybridized carbons (Fsp3) is 0.170. The van der Waals surface area contributed by atoms with E-state index in [1.54, 1.807) is 12.1 Å². The highest BCUT2D eigenvalue weighted by Crippen LogP contribution is 2.20. The Morgan fingerprint density at radius 2 is 0.981 bits per heavy atom. The Labute approximate surface area is 320 Å². The molecule has 0 spiro atoms. The molecule has 3 aromatic heterocycles. The average Bonchev–Trinajstić information content (AvgIpc) is 3.22. The molecular weight excluding hydrogens is 669 g/mol. The average molecular weight is 719 g/mol. The Morgan fingerprint density at radius 3 is 1.43 bits per heavy atom. The molecule has 0 bridgehead atoms. The quantitative estimate of drug-likeness (QED) is 0.115. The molecule has 3 heterocycles. The van der Waals surface area contributed by atoms with Gasteiger partial charge in [-0.25, -0.2) is 4.98 Å². The van der Waals surface area contributed by atoms with E-state index in [0.717, 1.165) is 58.2 Å². The van der Waals surface area contributed by atoms with Crippen LogP contribution in [0.15, 0.2) is 140 Å². The smallest absolute Gasteiger partial charge is 0.144 e. The second-order valence-corrected chi connectivity index (χ2v) is 12.5. The van der Waals surface area contributed by atoms with E-state index in [9.17, 15) is 0 Å². The van der Waals surface area contributed by atoms with Gasteiger partial charge < -0.3 is 19.8 Å². The molecule has 7 heteroatoms. The molecule has 0 unspecified atom stereocenters. The third-order valence-electron chi connectivity index (χ3n) is 7.74. The number of benzene rings is 3. The van der Waals surface area contributed by atoms with Crippen molar-refractivity contribution in [2.24, 2.45) is 0 Å². The summed E-state index contributed by atoms with van der Waals surface area (Å²) in [6, 6.07) is 45.5. The van der Waals surface area contributed by atoms with E-state index >= 15 is 0 Å². The number of nitrogens with zero attached hydrogens (tertiary/aromatic N) is 4. The molecule has 0 saturated carbocycles. The zero-order valence-corrected chi connectivity index (χ0v) is 31.4. The van der Waals surface area contributed by atoms with E-state index in [-0.39, 0.29) is 13.2 Å². The van der Waals surface area contributed by atoms with Gasteiger partial charge in [0, 0.05) is 12.2 Å². The van der Waals surface area contributed by atoms with Gasteiger partial charge in [0.05, 0.1) is 42.6 Å². The van der Waals surface area contributed by atoms with Crippen LogP contribution in [0, 0.1) is 6.92 Å². The molecule has 0 atom stereocenters. The van der Waals surface area contributed by atoms with Crippen LogP contribution in [0.3, 0.4) is 0 Å². The number of hydrogen-bond donors (Lipinski definition) is 2. The minimum atomic E-state index is -0.0208. The number of ether oxygens (including phenoxy) is 1. The number of hydrogen-bond acceptors (Lipinski definition) is 7. The predicted molar refractivity (Wildman–Crippen MR) is 224 cm³/mol. The third kappa shape index (κ3) is 15.7. The standard InChI is InChI=1S/C19H24N2O.2C14H13NO/c1-16-10-13-19(22-15-7-14-21(2)3)18(20-16)12-11-17-8-5-4-6-9-17;2*16-11-14-8-4-7-13(15-14)10-9-12-5-2-1-3-6-12/h4-6,8-13H,7,14-15H2,1-3H3;2*1-10,16H,11H2/b;10-9+;10-9-. The summed E-state index contributed by atoms with van der Waals surface area (Å²) in [5.41, 5.74) is 8.40. The highest BCUT2D eigenvalue weighted by atomic mass is 16.5. The summed E-state index contributed by atoms with van der Waals surface area (Å²) in [4.78, 5) is 15.3. The van der Waals surface area contributed by atoms with Crippen molar-refractivity contribution in [2.75, 3.05) is 27.2 Å². The maximum absolute atomic E-state index is 8.96. The van der Waals surface area contributed by atoms with Crippen molar-refractivity contribution < 1.29 is 14.9 Å². The highest BCUT2D eigenvalue weighted by molar-refractivity contribution is 5.71. The molecule has 7 nitrogen and oxygen atoms in total. The van der Waals surface area contributed by atoms with E-state index in [1.165, 1.54) is 0 Å². The first-order chi connectivity index (χ1) is 26.4. The second kappa shape index (κ2) is 23.5. The van der Waals surface area contributed by atoms with Gasteiger partial charge in [-0.1, -0.05) is 121 Å². The summed E-state index contributed by atoms with van der Waals surface area (Å²) < 4.78 is 5.89. The molecule has 0 aliphatic rings. The molecular formula is C47H50N4O3. The van der Waals surface area contributed by atoms with Crippen molar-refractivity contribution in [2.45, 2.75) is 26.6 Å². The number of rotatable bonds is 13. The lowest BCUT2D eigenvalue weighted by atomic mass is 10.2. The number of aryl methyl sites for hydroxylation is 1. The Morgan fingerprint density at radius 1 is 0.519 bits per heavy atom. The largest absolute Gasteiger partial charge is 0.491 e. The molecule has 0 amide bonds. The number of aliphatic hydroxyl groups is 2. The minimum Gasteiger partial charge on any atom is -0.491 e. The topological polar surface area (TPSA) is 91.6 Å². The van der Waals surface area contributed by atoms with Gasteiger partial charge in [0.25, 0.3) is 0 Å². The van der Waals surface area contributed by atoms with Crippen LogP contribution in [-0.4, -0.2) is 57.3 Å². The van der Waals surface area contributed by atoms with Gasteiger partial charge in [-0.3, -0.25) is 9.97 Å². The Hall–Kier alpha value is -5.99. The van der Waals surface area contributed by atoms with Crippen molar-refractivity contribution in [3.63, 3.8) is 0 Å². The van der Waals surface area contributed by atoms with E-state index in [4.69, 9.17) is 14.9 Å². The van der Waals surface area contributed by atoms with Gasteiger partial charge in [0.2, 0.25) is 0 Å². The lowest BCUT2D eigenvalue weighted by Crippen LogP contribution is -2.15. The van der Waals surface area contributed by atoms with Gasteiger partial charge in [-0.05, 0) is 98.8 Å². The molecule has 6 aromatic rings. The molecule has 0 radical (unpaired) electrons. The highest BCUT2D eigenvalue weighted by Gasteiger charge is 2.04. The van der Waals surface area contributed by atoms with Crippen LogP contribution in [0.1, 0.15) is 57.3 Å². The molecule has 0 aliphatic carbocycles. The minimum absolute atomic E-state index is 0.0208. The van der Waals surface area contributed by atoms with Gasteiger partial charge in [0.15, 0.2) is 0 Å². The third-order valence-corrected chi connectivity index (χ3v) is 7.74. The van der Waals surface area contributed by atoms with Crippen LogP contribution in [0.2, 0.25) is 0 Å². The number of pyridine rings is 3. The van der Waals surface area contributed by atoms with Crippen molar-refractivity contribution in [3.8, 4) is 5.75 Å². The molecule has 3 aromatic carbocycles. The molecule has 6 rings (SSSR count). The van der Waals surface area contributed by atoms with E-state index in [1.807, 2.05) is 153 Å². The second-order valence-electron chi connectivity index (χ2n) is 12.5. The van der Waals surface area contributed by atoms with Crippen LogP contribution >= 0.6 is 0 Å². The van der Waals surface area contributed by atoms with Crippen molar-refractivity contribution in [3.05, 3.63) is 190 Å². The first kappa shape index (κ1) is 40.8. The van der Waals surface area contributed by atoms with Crippen LogP contribution < -0.4 is 4.74 Å². The SMILES string of the molecule is Cc1ccc(OCCCN(C)C)c(C=Cc2ccccc2)n1.OCc1cccc(/C=C/c2ccccc2)n1.OCc1cccc(/C=C\c2ccccc2)n1. The Balaban J connectivity index is 0.000000184. The van der Waals surface area contributed by atoms with Crippen LogP contribution in [0.5, 0.6) is 5.75 Å². The monoisotopic (exact) mass is 718 g/mol. The number of aliphatic hydroxyl groups excluding tert-OH is 2. The summed E-state index contributed by atoms with van der Waals surface area (Å²) >= 11 is 0. The van der Waals surface area contributed by atoms with Crippen LogP contribution in [-0.2, 0) is 13.2 Å². The van der Waals surface area contributed by atoms with Gasteiger partial charge in [-0.15, -0.1) is 0 Å². The van der Waals surface area contributed by atoms with Gasteiger partial charge in [-0.2, -0.15) is 0 Å². The summed E-state index contributed by atoms with van der Waals surface area (Å²) in [5, 5.41) is 17.9. The zero-order valence-electron chi connectivity index (χ0n) is 31.4. The molecule has 0 saturated heterocycles. The first-order valence-electron chi connectivity index (χ1n) is 18.0. The van der Waals surface area contributed by atoms with E-state index in [2.05, 4.69) is 52.2 Å². The Kier molecular flexibility index (Phi) is 17.8. The Bertz CT molecular complexity index is 1940. The van der Waals surface area contributed by atoms with Crippen molar-refractivity contribution in [1.82, 2.24) is 19.9 Å². The molecule has 2 N–H and O–H groups in total. The summed E-state index contributed by atoms with van der Waals surface area (Å²) in [6.45, 7) is 3.68. The van der Waals surface area contributed by atoms with Crippen molar-refractivity contribution in [1.29, 1.82) is 0 Å². The van der Waals surface area contributed by atoms with E-state index < -0.39 is 0 Å². The predicted octanol–water partition coefficient (Wildman–Crippen LogP) is 9.38. The summed E-state index contributed by atoms with van der Waals surface area (Å²) in [7, 11) is 4.14. The maximum atomic E-state index is 8.96. The first-order valence-corrected chi connectivity index (χ1v) is 18.0. The normalized spacial score (nSPS) is 11.0. The van der Waals surface area contributed by atoms with E-state index in [0.29, 0.717) is 18.0 Å². The van der Waals surface area contributed by atoms with Gasteiger partial charge in [0.1, 0.15) is 11.4 Å². The molecule has 0 fully saturated rings. The maximum Gasteiger partial charge on any atom is 0.144 e. The molecule has 276 valence electrons. The fourth-order valence-electron chi connectivity index (χ4n) is 4.96. The number of aromatic nitrogens is 3. The van der Waals surface area contributed by atoms with Crippen LogP contribution in [0.4, 0.5) is 0 Å². The molecule has 0 aliphatic heterocycles. The van der Waals surface area contributed by atoms with Crippen molar-refractivity contribution >= 4 is 36.5 Å². The lowest BCUT2D eigenvalue weighted by molar-refractivity contribution is 0.276. The van der Waals surface area contributed by atoms with Gasteiger partial charge >= 0.3 is 0 Å². The van der Waals surface area contributed by atoms with Crippen LogP contribution in [0.25, 0.3) is 36.5 Å². The lowest BCUT2D eigenvalue weighted by Gasteiger charge is -2.12. The zero-order chi connectivity index (χ0) is 38.2. The summed E-state index contributed by atoms with van der Waals surface area (Å²) in [5.74, 6) is 0.844.